The van der Waals surface area contributed by atoms with Crippen molar-refractivity contribution in [1.29, 1.82) is 0 Å². The number of rotatable bonds is 5. The van der Waals surface area contributed by atoms with Crippen LogP contribution >= 0.6 is 12.4 Å². The van der Waals surface area contributed by atoms with Crippen LogP contribution in [0.2, 0.25) is 0 Å². The van der Waals surface area contributed by atoms with Crippen LogP contribution in [0.25, 0.3) is 0 Å². The monoisotopic (exact) mass is 364 g/mol. The van der Waals surface area contributed by atoms with E-state index in [1.54, 1.807) is 0 Å². The third kappa shape index (κ3) is 5.05. The zero-order valence-electron chi connectivity index (χ0n) is 14.8. The summed E-state index contributed by atoms with van der Waals surface area (Å²) >= 11 is 0. The highest BCUT2D eigenvalue weighted by Gasteiger charge is 2.22. The van der Waals surface area contributed by atoms with Crippen molar-refractivity contribution in [2.75, 3.05) is 19.6 Å². The SMILES string of the molecule is Cl.NCC1CCN(C(=O)CCC(=O)c2ccc3c(c2)CCCC3)CC1. The zero-order chi connectivity index (χ0) is 16.9. The van der Waals surface area contributed by atoms with E-state index >= 15 is 0 Å². The Hall–Kier alpha value is -1.39. The minimum absolute atomic E-state index is 0. The van der Waals surface area contributed by atoms with Gasteiger partial charge in [0.1, 0.15) is 0 Å². The number of aryl methyl sites for hydroxylation is 2. The van der Waals surface area contributed by atoms with Gasteiger partial charge in [-0.25, -0.2) is 0 Å². The predicted octanol–water partition coefficient (Wildman–Crippen LogP) is 3.15. The van der Waals surface area contributed by atoms with E-state index in [1.165, 1.54) is 24.0 Å². The summed E-state index contributed by atoms with van der Waals surface area (Å²) in [7, 11) is 0. The van der Waals surface area contributed by atoms with Gasteiger partial charge in [-0.05, 0) is 68.2 Å². The van der Waals surface area contributed by atoms with Crippen molar-refractivity contribution in [1.82, 2.24) is 4.90 Å². The number of halogens is 1. The van der Waals surface area contributed by atoms with Crippen molar-refractivity contribution in [2.24, 2.45) is 11.7 Å². The molecule has 0 saturated carbocycles. The van der Waals surface area contributed by atoms with Gasteiger partial charge in [0.15, 0.2) is 5.78 Å². The quantitative estimate of drug-likeness (QED) is 0.816. The molecule has 138 valence electrons. The van der Waals surface area contributed by atoms with Gasteiger partial charge in [-0.15, -0.1) is 12.4 Å². The van der Waals surface area contributed by atoms with Gasteiger partial charge in [-0.3, -0.25) is 9.59 Å². The molecule has 0 atom stereocenters. The van der Waals surface area contributed by atoms with Crippen molar-refractivity contribution in [3.8, 4) is 0 Å². The number of carbonyl (C=O) groups is 2. The lowest BCUT2D eigenvalue weighted by Gasteiger charge is -2.31. The molecule has 5 heteroatoms. The van der Waals surface area contributed by atoms with Crippen molar-refractivity contribution >= 4 is 24.1 Å². The highest BCUT2D eigenvalue weighted by atomic mass is 35.5. The topological polar surface area (TPSA) is 63.4 Å². The molecule has 0 spiro atoms. The third-order valence-electron chi connectivity index (χ3n) is 5.54. The summed E-state index contributed by atoms with van der Waals surface area (Å²) in [6.45, 7) is 2.28. The van der Waals surface area contributed by atoms with E-state index in [1.807, 2.05) is 17.0 Å². The van der Waals surface area contributed by atoms with Crippen molar-refractivity contribution < 1.29 is 9.59 Å². The Morgan fingerprint density at radius 3 is 2.40 bits per heavy atom. The van der Waals surface area contributed by atoms with Crippen LogP contribution < -0.4 is 5.73 Å². The van der Waals surface area contributed by atoms with Crippen LogP contribution in [0.5, 0.6) is 0 Å². The van der Waals surface area contributed by atoms with E-state index in [0.29, 0.717) is 25.3 Å². The summed E-state index contributed by atoms with van der Waals surface area (Å²) in [6, 6.07) is 6.08. The lowest BCUT2D eigenvalue weighted by atomic mass is 9.89. The van der Waals surface area contributed by atoms with Gasteiger partial charge < -0.3 is 10.6 Å². The van der Waals surface area contributed by atoms with Crippen molar-refractivity contribution in [2.45, 2.75) is 51.4 Å². The number of piperidine rings is 1. The second-order valence-corrected chi connectivity index (χ2v) is 7.17. The average molecular weight is 365 g/mol. The second kappa shape index (κ2) is 9.35. The third-order valence-corrected chi connectivity index (χ3v) is 5.54. The van der Waals surface area contributed by atoms with Gasteiger partial charge in [0.05, 0.1) is 0 Å². The number of hydrogen-bond acceptors (Lipinski definition) is 3. The number of likely N-dealkylation sites (tertiary alicyclic amines) is 1. The van der Waals surface area contributed by atoms with Crippen LogP contribution in [-0.4, -0.2) is 36.2 Å². The average Bonchev–Trinajstić information content (AvgIpc) is 2.65. The summed E-state index contributed by atoms with van der Waals surface area (Å²) in [5, 5.41) is 0. The number of amides is 1. The normalized spacial score (nSPS) is 17.6. The lowest BCUT2D eigenvalue weighted by Crippen LogP contribution is -2.40. The van der Waals surface area contributed by atoms with Crippen LogP contribution in [0.3, 0.4) is 0 Å². The number of nitrogens with zero attached hydrogens (tertiary/aromatic N) is 1. The fourth-order valence-electron chi connectivity index (χ4n) is 3.85. The molecule has 1 fully saturated rings. The number of Topliss-reactive ketones (excluding diaryl/α,β-unsaturated/α-hetero) is 1. The lowest BCUT2D eigenvalue weighted by molar-refractivity contribution is -0.132. The summed E-state index contributed by atoms with van der Waals surface area (Å²) < 4.78 is 0. The molecule has 1 heterocycles. The van der Waals surface area contributed by atoms with E-state index in [9.17, 15) is 9.59 Å². The van der Waals surface area contributed by atoms with E-state index < -0.39 is 0 Å². The van der Waals surface area contributed by atoms with E-state index in [4.69, 9.17) is 5.73 Å². The van der Waals surface area contributed by atoms with Gasteiger partial charge in [-0.2, -0.15) is 0 Å². The number of fused-ring (bicyclic) bond motifs is 1. The molecule has 1 aliphatic heterocycles. The van der Waals surface area contributed by atoms with Crippen LogP contribution in [0, 0.1) is 5.92 Å². The molecule has 1 aliphatic carbocycles. The Morgan fingerprint density at radius 2 is 1.72 bits per heavy atom. The number of ketones is 1. The first-order valence-electron chi connectivity index (χ1n) is 9.30. The van der Waals surface area contributed by atoms with Gasteiger partial charge in [0.25, 0.3) is 0 Å². The number of hydrogen-bond donors (Lipinski definition) is 1. The van der Waals surface area contributed by atoms with Crippen molar-refractivity contribution in [3.05, 3.63) is 34.9 Å². The van der Waals surface area contributed by atoms with E-state index in [2.05, 4.69) is 6.07 Å². The first kappa shape index (κ1) is 19.9. The second-order valence-electron chi connectivity index (χ2n) is 7.17. The molecule has 2 aliphatic rings. The molecule has 1 aromatic rings. The predicted molar refractivity (Wildman–Crippen MR) is 102 cm³/mol. The fourth-order valence-corrected chi connectivity index (χ4v) is 3.85. The van der Waals surface area contributed by atoms with Gasteiger partial charge in [-0.1, -0.05) is 12.1 Å². The number of carbonyl (C=O) groups excluding carboxylic acids is 2. The van der Waals surface area contributed by atoms with Crippen LogP contribution in [0.1, 0.15) is 60.0 Å². The van der Waals surface area contributed by atoms with Gasteiger partial charge in [0.2, 0.25) is 5.91 Å². The van der Waals surface area contributed by atoms with Crippen molar-refractivity contribution in [3.63, 3.8) is 0 Å². The summed E-state index contributed by atoms with van der Waals surface area (Å²) in [5.41, 5.74) is 9.16. The molecule has 2 N–H and O–H groups in total. The smallest absolute Gasteiger partial charge is 0.223 e. The summed E-state index contributed by atoms with van der Waals surface area (Å²) in [6.07, 6.45) is 7.27. The number of nitrogens with two attached hydrogens (primary N) is 1. The minimum atomic E-state index is 0. The van der Waals surface area contributed by atoms with E-state index in [0.717, 1.165) is 44.3 Å². The van der Waals surface area contributed by atoms with Crippen LogP contribution in [0.4, 0.5) is 0 Å². The number of benzene rings is 1. The highest BCUT2D eigenvalue weighted by molar-refractivity contribution is 5.98. The first-order chi connectivity index (χ1) is 11.7. The molecular weight excluding hydrogens is 336 g/mol. The Kier molecular flexibility index (Phi) is 7.45. The molecule has 1 aromatic carbocycles. The van der Waals surface area contributed by atoms with E-state index in [-0.39, 0.29) is 24.1 Å². The molecule has 0 bridgehead atoms. The Morgan fingerprint density at radius 1 is 1.04 bits per heavy atom. The molecule has 3 rings (SSSR count). The molecule has 1 amide bonds. The molecule has 25 heavy (non-hydrogen) atoms. The molecular formula is C20H29ClN2O2. The first-order valence-corrected chi connectivity index (χ1v) is 9.30. The molecule has 4 nitrogen and oxygen atoms in total. The Balaban J connectivity index is 0.00000225. The maximum atomic E-state index is 12.4. The molecule has 0 radical (unpaired) electrons. The summed E-state index contributed by atoms with van der Waals surface area (Å²) in [4.78, 5) is 26.6. The Labute approximate surface area is 156 Å². The fraction of sp³-hybridized carbons (Fsp3) is 0.600. The largest absolute Gasteiger partial charge is 0.343 e. The van der Waals surface area contributed by atoms with Crippen LogP contribution in [0.15, 0.2) is 18.2 Å². The Bertz CT molecular complexity index is 610. The maximum absolute atomic E-state index is 12.4. The highest BCUT2D eigenvalue weighted by Crippen LogP contribution is 2.23. The minimum Gasteiger partial charge on any atom is -0.343 e. The standard InChI is InChI=1S/C20H28N2O2.ClH/c21-14-15-9-11-22(12-10-15)20(24)8-7-19(23)18-6-5-16-3-1-2-4-17(16)13-18;/h5-6,13,15H,1-4,7-12,14,21H2;1H. The molecule has 0 unspecified atom stereocenters. The molecule has 0 aromatic heterocycles. The zero-order valence-corrected chi connectivity index (χ0v) is 15.7. The maximum Gasteiger partial charge on any atom is 0.223 e. The van der Waals surface area contributed by atoms with Gasteiger partial charge in [0, 0.05) is 31.5 Å². The van der Waals surface area contributed by atoms with Crippen LogP contribution in [-0.2, 0) is 17.6 Å². The molecule has 1 saturated heterocycles. The van der Waals surface area contributed by atoms with Gasteiger partial charge >= 0.3 is 0 Å². The summed E-state index contributed by atoms with van der Waals surface area (Å²) in [5.74, 6) is 0.747.